The van der Waals surface area contributed by atoms with Gasteiger partial charge in [0.15, 0.2) is 0 Å². The maximum atomic E-state index is 6.33. The normalized spacial score (nSPS) is 10.4. The van der Waals surface area contributed by atoms with E-state index in [2.05, 4.69) is 58.1 Å². The molecule has 94 valence electrons. The topological polar surface area (TPSA) is 3.24 Å². The Bertz CT molecular complexity index is 554. The van der Waals surface area contributed by atoms with E-state index in [0.29, 0.717) is 0 Å². The fourth-order valence-electron chi connectivity index (χ4n) is 2.01. The highest BCUT2D eigenvalue weighted by Gasteiger charge is 2.12. The van der Waals surface area contributed by atoms with E-state index in [9.17, 15) is 0 Å². The molecular formula is C15H15BrClN. The summed E-state index contributed by atoms with van der Waals surface area (Å²) in [4.78, 5) is 2.13. The number of halogens is 2. The Balaban J connectivity index is 2.48. The first-order valence-corrected chi connectivity index (χ1v) is 7.27. The molecule has 0 fully saturated rings. The lowest BCUT2D eigenvalue weighted by Gasteiger charge is -2.23. The maximum absolute atomic E-state index is 6.33. The Labute approximate surface area is 122 Å². The highest BCUT2D eigenvalue weighted by atomic mass is 79.9. The van der Waals surface area contributed by atoms with Crippen LogP contribution in [-0.4, -0.2) is 7.05 Å². The van der Waals surface area contributed by atoms with Crippen LogP contribution in [0.3, 0.4) is 0 Å². The van der Waals surface area contributed by atoms with Crippen LogP contribution in [0.2, 0.25) is 5.02 Å². The summed E-state index contributed by atoms with van der Waals surface area (Å²) in [5.74, 6) is 0. The van der Waals surface area contributed by atoms with E-state index in [1.807, 2.05) is 19.2 Å². The van der Waals surface area contributed by atoms with Gasteiger partial charge in [0.1, 0.15) is 0 Å². The first-order valence-electron chi connectivity index (χ1n) is 5.77. The molecule has 0 saturated carbocycles. The van der Waals surface area contributed by atoms with Crippen LogP contribution < -0.4 is 4.90 Å². The summed E-state index contributed by atoms with van der Waals surface area (Å²) < 4.78 is 0. The van der Waals surface area contributed by atoms with Crippen LogP contribution >= 0.6 is 27.5 Å². The summed E-state index contributed by atoms with van der Waals surface area (Å²) in [7, 11) is 2.04. The SMILES string of the molecule is Cc1cccc(N(C)c2c(Cl)cccc2CBr)c1. The second-order valence-corrected chi connectivity index (χ2v) is 5.25. The lowest BCUT2D eigenvalue weighted by atomic mass is 10.1. The van der Waals surface area contributed by atoms with Gasteiger partial charge in [0.2, 0.25) is 0 Å². The molecule has 0 N–H and O–H groups in total. The van der Waals surface area contributed by atoms with Crippen LogP contribution in [0.5, 0.6) is 0 Å². The van der Waals surface area contributed by atoms with Crippen molar-refractivity contribution in [1.82, 2.24) is 0 Å². The van der Waals surface area contributed by atoms with E-state index in [0.717, 1.165) is 21.7 Å². The van der Waals surface area contributed by atoms with Crippen LogP contribution in [0.4, 0.5) is 11.4 Å². The van der Waals surface area contributed by atoms with Crippen LogP contribution in [0.1, 0.15) is 11.1 Å². The Morgan fingerprint density at radius 2 is 1.89 bits per heavy atom. The summed E-state index contributed by atoms with van der Waals surface area (Å²) in [5.41, 5.74) is 4.63. The summed E-state index contributed by atoms with van der Waals surface area (Å²) in [6, 6.07) is 14.4. The third-order valence-corrected chi connectivity index (χ3v) is 3.85. The predicted molar refractivity (Wildman–Crippen MR) is 83.3 cm³/mol. The number of benzene rings is 2. The van der Waals surface area contributed by atoms with Gasteiger partial charge in [-0.3, -0.25) is 0 Å². The average molecular weight is 325 g/mol. The van der Waals surface area contributed by atoms with Crippen LogP contribution in [0, 0.1) is 6.92 Å². The second kappa shape index (κ2) is 5.77. The highest BCUT2D eigenvalue weighted by Crippen LogP contribution is 2.35. The standard InChI is InChI=1S/C15H15BrClN/c1-11-5-3-7-13(9-11)18(2)15-12(10-16)6-4-8-14(15)17/h3-9H,10H2,1-2H3. The minimum Gasteiger partial charge on any atom is -0.343 e. The van der Waals surface area contributed by atoms with Gasteiger partial charge in [-0.2, -0.15) is 0 Å². The van der Waals surface area contributed by atoms with Crippen molar-refractivity contribution < 1.29 is 0 Å². The van der Waals surface area contributed by atoms with Crippen LogP contribution in [0.25, 0.3) is 0 Å². The largest absolute Gasteiger partial charge is 0.343 e. The lowest BCUT2D eigenvalue weighted by molar-refractivity contribution is 1.17. The molecule has 1 nitrogen and oxygen atoms in total. The molecule has 0 atom stereocenters. The van der Waals surface area contributed by atoms with E-state index in [4.69, 9.17) is 11.6 Å². The molecule has 0 radical (unpaired) electrons. The number of hydrogen-bond acceptors (Lipinski definition) is 1. The fraction of sp³-hybridized carbons (Fsp3) is 0.200. The molecule has 0 spiro atoms. The van der Waals surface area contributed by atoms with Crippen LogP contribution in [0.15, 0.2) is 42.5 Å². The Kier molecular flexibility index (Phi) is 4.31. The van der Waals surface area contributed by atoms with Crippen molar-refractivity contribution in [3.8, 4) is 0 Å². The van der Waals surface area contributed by atoms with E-state index in [1.54, 1.807) is 0 Å². The molecule has 0 unspecified atom stereocenters. The summed E-state index contributed by atoms with van der Waals surface area (Å²) in [5, 5.41) is 1.56. The molecule has 0 saturated heterocycles. The van der Waals surface area contributed by atoms with Crippen molar-refractivity contribution in [1.29, 1.82) is 0 Å². The van der Waals surface area contributed by atoms with E-state index < -0.39 is 0 Å². The number of hydrogen-bond donors (Lipinski definition) is 0. The Morgan fingerprint density at radius 1 is 1.17 bits per heavy atom. The summed E-state index contributed by atoms with van der Waals surface area (Å²) in [6.07, 6.45) is 0. The lowest BCUT2D eigenvalue weighted by Crippen LogP contribution is -2.12. The van der Waals surface area contributed by atoms with E-state index >= 15 is 0 Å². The van der Waals surface area contributed by atoms with Crippen molar-refractivity contribution in [2.24, 2.45) is 0 Å². The van der Waals surface area contributed by atoms with Gasteiger partial charge >= 0.3 is 0 Å². The molecule has 2 aromatic carbocycles. The first-order chi connectivity index (χ1) is 8.63. The van der Waals surface area contributed by atoms with Crippen molar-refractivity contribution in [3.05, 3.63) is 58.6 Å². The van der Waals surface area contributed by atoms with Gasteiger partial charge in [0, 0.05) is 18.1 Å². The number of para-hydroxylation sites is 1. The third kappa shape index (κ3) is 2.70. The minimum absolute atomic E-state index is 0.774. The number of anilines is 2. The van der Waals surface area contributed by atoms with Crippen molar-refractivity contribution in [2.75, 3.05) is 11.9 Å². The van der Waals surface area contributed by atoms with Gasteiger partial charge in [-0.05, 0) is 36.2 Å². The number of aryl methyl sites for hydroxylation is 1. The van der Waals surface area contributed by atoms with Gasteiger partial charge in [-0.15, -0.1) is 0 Å². The molecule has 0 aliphatic heterocycles. The van der Waals surface area contributed by atoms with Crippen molar-refractivity contribution >= 4 is 38.9 Å². The molecular weight excluding hydrogens is 310 g/mol. The molecule has 2 rings (SSSR count). The zero-order chi connectivity index (χ0) is 13.1. The molecule has 3 heteroatoms. The van der Waals surface area contributed by atoms with Crippen molar-refractivity contribution in [2.45, 2.75) is 12.3 Å². The molecule has 18 heavy (non-hydrogen) atoms. The second-order valence-electron chi connectivity index (χ2n) is 4.28. The maximum Gasteiger partial charge on any atom is 0.0646 e. The molecule has 0 aliphatic carbocycles. The quantitative estimate of drug-likeness (QED) is 0.691. The van der Waals surface area contributed by atoms with Crippen molar-refractivity contribution in [3.63, 3.8) is 0 Å². The van der Waals surface area contributed by atoms with Gasteiger partial charge < -0.3 is 4.90 Å². The Morgan fingerprint density at radius 3 is 2.56 bits per heavy atom. The molecule has 0 amide bonds. The van der Waals surface area contributed by atoms with Gasteiger partial charge in [0.25, 0.3) is 0 Å². The molecule has 0 heterocycles. The van der Waals surface area contributed by atoms with E-state index in [-0.39, 0.29) is 0 Å². The zero-order valence-electron chi connectivity index (χ0n) is 10.5. The van der Waals surface area contributed by atoms with Gasteiger partial charge in [-0.25, -0.2) is 0 Å². The molecule has 0 aliphatic rings. The molecule has 0 aromatic heterocycles. The minimum atomic E-state index is 0.774. The first kappa shape index (κ1) is 13.4. The number of nitrogens with zero attached hydrogens (tertiary/aromatic N) is 1. The monoisotopic (exact) mass is 323 g/mol. The highest BCUT2D eigenvalue weighted by molar-refractivity contribution is 9.08. The molecule has 2 aromatic rings. The fourth-order valence-corrected chi connectivity index (χ4v) is 2.78. The predicted octanol–water partition coefficient (Wildman–Crippen LogP) is 5.31. The molecule has 0 bridgehead atoms. The van der Waals surface area contributed by atoms with Gasteiger partial charge in [0.05, 0.1) is 10.7 Å². The summed E-state index contributed by atoms with van der Waals surface area (Å²) >= 11 is 9.84. The zero-order valence-corrected chi connectivity index (χ0v) is 12.8. The third-order valence-electron chi connectivity index (χ3n) is 2.94. The van der Waals surface area contributed by atoms with Crippen LogP contribution in [-0.2, 0) is 5.33 Å². The average Bonchev–Trinajstić information content (AvgIpc) is 2.37. The smallest absolute Gasteiger partial charge is 0.0646 e. The summed E-state index contributed by atoms with van der Waals surface area (Å²) in [6.45, 7) is 2.09. The van der Waals surface area contributed by atoms with E-state index in [1.165, 1.54) is 11.1 Å². The number of rotatable bonds is 3. The van der Waals surface area contributed by atoms with Gasteiger partial charge in [-0.1, -0.05) is 51.8 Å². The Hall–Kier alpha value is -0.990. The number of alkyl halides is 1.